The summed E-state index contributed by atoms with van der Waals surface area (Å²) in [4.78, 5) is 16.8. The highest BCUT2D eigenvalue weighted by Crippen LogP contribution is 2.34. The van der Waals surface area contributed by atoms with Crippen molar-refractivity contribution in [1.82, 2.24) is 5.32 Å². The van der Waals surface area contributed by atoms with Gasteiger partial charge in [-0.2, -0.15) is 0 Å². The normalized spacial score (nSPS) is 21.9. The average molecular weight is 432 g/mol. The van der Waals surface area contributed by atoms with Crippen molar-refractivity contribution in [3.05, 3.63) is 59.7 Å². The zero-order chi connectivity index (χ0) is 20.4. The van der Waals surface area contributed by atoms with Crippen molar-refractivity contribution in [2.45, 2.75) is 17.8 Å². The number of amides is 1. The maximum atomic E-state index is 12.4. The summed E-state index contributed by atoms with van der Waals surface area (Å²) < 4.78 is 28.5. The van der Waals surface area contributed by atoms with Crippen LogP contribution in [0.3, 0.4) is 0 Å². The smallest absolute Gasteiger partial charge is 0.251 e. The van der Waals surface area contributed by atoms with Gasteiger partial charge in [0.2, 0.25) is 0 Å². The maximum absolute atomic E-state index is 12.4. The predicted molar refractivity (Wildman–Crippen MR) is 115 cm³/mol. The summed E-state index contributed by atoms with van der Waals surface area (Å²) in [5.74, 6) is 0.902. The molecule has 2 aliphatic heterocycles. The summed E-state index contributed by atoms with van der Waals surface area (Å²) in [5.41, 5.74) is 2.32. The van der Waals surface area contributed by atoms with E-state index < -0.39 is 9.84 Å². The van der Waals surface area contributed by atoms with E-state index in [4.69, 9.17) is 4.74 Å². The Hall–Kier alpha value is -2.52. The molecule has 2 N–H and O–H groups in total. The van der Waals surface area contributed by atoms with E-state index in [2.05, 4.69) is 15.6 Å². The fourth-order valence-electron chi connectivity index (χ4n) is 3.31. The molecule has 0 aromatic heterocycles. The molecule has 4 rings (SSSR count). The largest absolute Gasteiger partial charge is 0.497 e. The van der Waals surface area contributed by atoms with Crippen LogP contribution in [0.1, 0.15) is 15.9 Å². The fourth-order valence-corrected chi connectivity index (χ4v) is 6.99. The number of carbonyl (C=O) groups excluding carboxylic acids is 1. The van der Waals surface area contributed by atoms with Gasteiger partial charge in [0, 0.05) is 23.0 Å². The Labute approximate surface area is 173 Å². The van der Waals surface area contributed by atoms with E-state index in [1.54, 1.807) is 19.2 Å². The van der Waals surface area contributed by atoms with Crippen molar-refractivity contribution in [3.63, 3.8) is 0 Å². The number of nitrogens with one attached hydrogen (secondary N) is 2. The molecule has 2 aromatic carbocycles. The second-order valence-corrected chi connectivity index (χ2v) is 10.4. The van der Waals surface area contributed by atoms with Gasteiger partial charge in [-0.1, -0.05) is 23.9 Å². The summed E-state index contributed by atoms with van der Waals surface area (Å²) in [5, 5.41) is 6.83. The number of hydrogen-bond acceptors (Lipinski definition) is 7. The number of sulfone groups is 1. The number of nitrogens with zero attached hydrogens (tertiary/aromatic N) is 1. The van der Waals surface area contributed by atoms with Crippen molar-refractivity contribution >= 4 is 38.4 Å². The molecule has 0 radical (unpaired) electrons. The molecule has 0 spiro atoms. The molecule has 152 valence electrons. The molecule has 0 saturated carbocycles. The van der Waals surface area contributed by atoms with Crippen LogP contribution in [-0.2, 0) is 16.4 Å². The van der Waals surface area contributed by atoms with Gasteiger partial charge >= 0.3 is 0 Å². The Kier molecular flexibility index (Phi) is 5.51. The third-order valence-corrected chi connectivity index (χ3v) is 7.95. The van der Waals surface area contributed by atoms with Crippen molar-refractivity contribution < 1.29 is 17.9 Å². The number of ether oxygens (including phenoxy) is 1. The SMILES string of the molecule is COc1cccc(CNC(=O)c2ccc(NC3=N[C@H]4CS(=O)(=O)C[C@@H]4S3)cc2)c1. The fraction of sp³-hybridized carbons (Fsp3) is 0.300. The molecule has 9 heteroatoms. The van der Waals surface area contributed by atoms with Gasteiger partial charge in [0.1, 0.15) is 5.75 Å². The molecule has 0 unspecified atom stereocenters. The number of carbonyl (C=O) groups is 1. The molecule has 1 fully saturated rings. The Morgan fingerprint density at radius 1 is 1.21 bits per heavy atom. The molecule has 2 heterocycles. The molecule has 2 aromatic rings. The van der Waals surface area contributed by atoms with Crippen molar-refractivity contribution in [1.29, 1.82) is 0 Å². The van der Waals surface area contributed by atoms with Gasteiger partial charge in [0.15, 0.2) is 15.0 Å². The first-order valence-corrected chi connectivity index (χ1v) is 11.8. The molecular formula is C20H21N3O4S2. The van der Waals surface area contributed by atoms with Crippen molar-refractivity contribution in [2.75, 3.05) is 23.9 Å². The lowest BCUT2D eigenvalue weighted by Crippen LogP contribution is -2.22. The minimum Gasteiger partial charge on any atom is -0.497 e. The lowest BCUT2D eigenvalue weighted by molar-refractivity contribution is 0.0951. The topological polar surface area (TPSA) is 96.9 Å². The molecule has 2 aliphatic rings. The van der Waals surface area contributed by atoms with Gasteiger partial charge in [-0.05, 0) is 42.0 Å². The van der Waals surface area contributed by atoms with Crippen molar-refractivity contribution in [2.24, 2.45) is 4.99 Å². The number of amidine groups is 1. The highest BCUT2D eigenvalue weighted by atomic mass is 32.2. The Bertz CT molecular complexity index is 1050. The van der Waals surface area contributed by atoms with Crippen LogP contribution in [0.5, 0.6) is 5.75 Å². The number of anilines is 1. The van der Waals surface area contributed by atoms with Gasteiger partial charge < -0.3 is 15.4 Å². The van der Waals surface area contributed by atoms with Crippen LogP contribution in [0, 0.1) is 0 Å². The highest BCUT2D eigenvalue weighted by Gasteiger charge is 2.42. The molecule has 1 saturated heterocycles. The van der Waals surface area contributed by atoms with E-state index in [0.29, 0.717) is 12.1 Å². The first kappa shape index (κ1) is 19.8. The number of fused-ring (bicyclic) bond motifs is 1. The number of rotatable bonds is 5. The predicted octanol–water partition coefficient (Wildman–Crippen LogP) is 2.31. The van der Waals surface area contributed by atoms with E-state index in [-0.39, 0.29) is 28.7 Å². The lowest BCUT2D eigenvalue weighted by atomic mass is 10.1. The number of hydrogen-bond donors (Lipinski definition) is 2. The second kappa shape index (κ2) is 8.08. The van der Waals surface area contributed by atoms with E-state index >= 15 is 0 Å². The molecule has 1 amide bonds. The lowest BCUT2D eigenvalue weighted by Gasteiger charge is -2.09. The average Bonchev–Trinajstić information content (AvgIpc) is 3.19. The minimum absolute atomic E-state index is 0.00385. The van der Waals surface area contributed by atoms with Gasteiger partial charge in [0.25, 0.3) is 5.91 Å². The minimum atomic E-state index is -2.95. The van der Waals surface area contributed by atoms with E-state index in [1.807, 2.05) is 36.4 Å². The Morgan fingerprint density at radius 3 is 2.72 bits per heavy atom. The third kappa shape index (κ3) is 4.73. The summed E-state index contributed by atoms with van der Waals surface area (Å²) in [6.45, 7) is 0.412. The summed E-state index contributed by atoms with van der Waals surface area (Å²) in [7, 11) is -1.35. The van der Waals surface area contributed by atoms with Gasteiger partial charge in [-0.3, -0.25) is 9.79 Å². The van der Waals surface area contributed by atoms with E-state index in [1.165, 1.54) is 11.8 Å². The first-order valence-electron chi connectivity index (χ1n) is 9.15. The summed E-state index contributed by atoms with van der Waals surface area (Å²) in [6, 6.07) is 14.5. The Balaban J connectivity index is 1.32. The van der Waals surface area contributed by atoms with E-state index in [0.717, 1.165) is 22.2 Å². The zero-order valence-electron chi connectivity index (χ0n) is 15.8. The monoisotopic (exact) mass is 431 g/mol. The first-order chi connectivity index (χ1) is 13.9. The van der Waals surface area contributed by atoms with Crippen LogP contribution in [0.4, 0.5) is 5.69 Å². The van der Waals surface area contributed by atoms with E-state index in [9.17, 15) is 13.2 Å². The molecule has 0 bridgehead atoms. The van der Waals surface area contributed by atoms with Gasteiger partial charge in [-0.15, -0.1) is 0 Å². The quantitative estimate of drug-likeness (QED) is 0.754. The molecular weight excluding hydrogens is 410 g/mol. The van der Waals surface area contributed by atoms with Gasteiger partial charge in [0.05, 0.1) is 24.7 Å². The van der Waals surface area contributed by atoms with Crippen LogP contribution >= 0.6 is 11.8 Å². The molecule has 0 aliphatic carbocycles. The third-order valence-electron chi connectivity index (χ3n) is 4.80. The van der Waals surface area contributed by atoms with Crippen LogP contribution in [-0.4, -0.2) is 49.4 Å². The maximum Gasteiger partial charge on any atom is 0.251 e. The molecule has 2 atom stereocenters. The number of benzene rings is 2. The standard InChI is InChI=1S/C20H21N3O4S2/c1-27-16-4-2-3-13(9-16)10-21-19(24)14-5-7-15(8-6-14)22-20-23-17-11-29(25,26)12-18(17)28-20/h2-9,17-18H,10-12H2,1H3,(H,21,24)(H,22,23)/t17-,18-/m0/s1. The van der Waals surface area contributed by atoms with Crippen LogP contribution in [0.25, 0.3) is 0 Å². The molecule has 29 heavy (non-hydrogen) atoms. The van der Waals surface area contributed by atoms with Crippen LogP contribution < -0.4 is 15.4 Å². The highest BCUT2D eigenvalue weighted by molar-refractivity contribution is 8.15. The summed E-state index contributed by atoms with van der Waals surface area (Å²) in [6.07, 6.45) is 0. The number of methoxy groups -OCH3 is 1. The van der Waals surface area contributed by atoms with Crippen LogP contribution in [0.15, 0.2) is 53.5 Å². The van der Waals surface area contributed by atoms with Gasteiger partial charge in [-0.25, -0.2) is 8.42 Å². The van der Waals surface area contributed by atoms with Crippen molar-refractivity contribution in [3.8, 4) is 5.75 Å². The number of aliphatic imine (C=N–C) groups is 1. The second-order valence-electron chi connectivity index (χ2n) is 6.97. The van der Waals surface area contributed by atoms with Crippen LogP contribution in [0.2, 0.25) is 0 Å². The Morgan fingerprint density at radius 2 is 2.00 bits per heavy atom. The zero-order valence-corrected chi connectivity index (χ0v) is 17.4. The molecule has 7 nitrogen and oxygen atoms in total. The number of thioether (sulfide) groups is 1. The summed E-state index contributed by atoms with van der Waals surface area (Å²) >= 11 is 1.47.